The molecule has 1 N–H and O–H groups in total. The van der Waals surface area contributed by atoms with Gasteiger partial charge in [0.25, 0.3) is 0 Å². The Morgan fingerprint density at radius 1 is 1.28 bits per heavy atom. The van der Waals surface area contributed by atoms with Gasteiger partial charge in [-0.15, -0.1) is 8.78 Å². The Morgan fingerprint density at radius 2 is 2.06 bits per heavy atom. The van der Waals surface area contributed by atoms with E-state index in [4.69, 9.17) is 4.74 Å². The van der Waals surface area contributed by atoms with E-state index in [1.807, 2.05) is 6.92 Å². The molecular formula is C12H15F2NO3. The van der Waals surface area contributed by atoms with Crippen LogP contribution in [0, 0.1) is 0 Å². The number of rotatable bonds is 6. The number of anilines is 1. The maximum Gasteiger partial charge on any atom is 0.586 e. The lowest BCUT2D eigenvalue weighted by Crippen LogP contribution is -2.25. The first-order valence-corrected chi connectivity index (χ1v) is 5.82. The van der Waals surface area contributed by atoms with Gasteiger partial charge in [-0.3, -0.25) is 0 Å². The van der Waals surface area contributed by atoms with E-state index in [-0.39, 0.29) is 11.5 Å². The largest absolute Gasteiger partial charge is 0.586 e. The Hall–Kier alpha value is -1.56. The molecule has 100 valence electrons. The van der Waals surface area contributed by atoms with Gasteiger partial charge in [0.05, 0.1) is 0 Å². The summed E-state index contributed by atoms with van der Waals surface area (Å²) in [6.45, 7) is 4.01. The summed E-state index contributed by atoms with van der Waals surface area (Å²) in [4.78, 5) is 0. The zero-order valence-electron chi connectivity index (χ0n) is 10.0. The van der Waals surface area contributed by atoms with Crippen LogP contribution in [0.25, 0.3) is 0 Å². The molecule has 1 aliphatic rings. The molecule has 0 spiro atoms. The van der Waals surface area contributed by atoms with Crippen LogP contribution < -0.4 is 14.8 Å². The second-order valence-corrected chi connectivity index (χ2v) is 3.81. The maximum atomic E-state index is 12.8. The van der Waals surface area contributed by atoms with Gasteiger partial charge in [0, 0.05) is 31.5 Å². The van der Waals surface area contributed by atoms with E-state index in [2.05, 4.69) is 14.8 Å². The van der Waals surface area contributed by atoms with Crippen LogP contribution in [0.3, 0.4) is 0 Å². The summed E-state index contributed by atoms with van der Waals surface area (Å²) in [6.07, 6.45) is -2.71. The monoisotopic (exact) mass is 259 g/mol. The molecule has 4 nitrogen and oxygen atoms in total. The first-order chi connectivity index (χ1) is 8.61. The van der Waals surface area contributed by atoms with E-state index in [1.54, 1.807) is 6.07 Å². The highest BCUT2D eigenvalue weighted by Crippen LogP contribution is 2.42. The lowest BCUT2D eigenvalue weighted by Gasteiger charge is -2.07. The van der Waals surface area contributed by atoms with Crippen molar-refractivity contribution in [1.29, 1.82) is 0 Å². The summed E-state index contributed by atoms with van der Waals surface area (Å²) in [5, 5.41) is 3.10. The Bertz CT molecular complexity index is 412. The first-order valence-electron chi connectivity index (χ1n) is 5.82. The fraction of sp³-hybridized carbons (Fsp3) is 0.500. The van der Waals surface area contributed by atoms with Gasteiger partial charge in [-0.25, -0.2) is 0 Å². The van der Waals surface area contributed by atoms with Crippen molar-refractivity contribution in [3.05, 3.63) is 18.2 Å². The molecule has 0 aromatic heterocycles. The van der Waals surface area contributed by atoms with Crippen LogP contribution in [0.15, 0.2) is 18.2 Å². The quantitative estimate of drug-likeness (QED) is 0.797. The number of ether oxygens (including phenoxy) is 3. The number of hydrogen-bond donors (Lipinski definition) is 1. The smallest absolute Gasteiger partial charge is 0.395 e. The fourth-order valence-electron chi connectivity index (χ4n) is 1.61. The van der Waals surface area contributed by atoms with Crippen LogP contribution in [0.5, 0.6) is 11.5 Å². The summed E-state index contributed by atoms with van der Waals surface area (Å²) in [6, 6.07) is 4.63. The van der Waals surface area contributed by atoms with Gasteiger partial charge in [0.15, 0.2) is 11.5 Å². The SMILES string of the molecule is CCOCCCNc1ccc2c(c1)OC(F)(F)O2. The highest BCUT2D eigenvalue weighted by molar-refractivity contribution is 5.55. The molecular weight excluding hydrogens is 244 g/mol. The second-order valence-electron chi connectivity index (χ2n) is 3.81. The normalized spacial score (nSPS) is 15.7. The number of nitrogens with one attached hydrogen (secondary N) is 1. The minimum atomic E-state index is -3.56. The van der Waals surface area contributed by atoms with Gasteiger partial charge in [0.2, 0.25) is 0 Å². The van der Waals surface area contributed by atoms with E-state index in [0.29, 0.717) is 25.4 Å². The van der Waals surface area contributed by atoms with Gasteiger partial charge in [-0.1, -0.05) is 0 Å². The molecule has 1 aromatic carbocycles. The maximum absolute atomic E-state index is 12.8. The molecule has 1 aromatic rings. The van der Waals surface area contributed by atoms with Crippen molar-refractivity contribution in [3.63, 3.8) is 0 Å². The van der Waals surface area contributed by atoms with Gasteiger partial charge in [0.1, 0.15) is 0 Å². The molecule has 0 unspecified atom stereocenters. The van der Waals surface area contributed by atoms with Gasteiger partial charge >= 0.3 is 6.29 Å². The number of hydrogen-bond acceptors (Lipinski definition) is 4. The van der Waals surface area contributed by atoms with E-state index < -0.39 is 6.29 Å². The molecule has 0 bridgehead atoms. The summed E-state index contributed by atoms with van der Waals surface area (Å²) < 4.78 is 39.4. The van der Waals surface area contributed by atoms with Crippen molar-refractivity contribution >= 4 is 5.69 Å². The molecule has 0 saturated carbocycles. The third-order valence-corrected chi connectivity index (χ3v) is 2.40. The highest BCUT2D eigenvalue weighted by atomic mass is 19.3. The second kappa shape index (κ2) is 5.39. The van der Waals surface area contributed by atoms with E-state index in [1.165, 1.54) is 12.1 Å². The summed E-state index contributed by atoms with van der Waals surface area (Å²) in [5.74, 6) is 0.106. The molecule has 2 rings (SSSR count). The molecule has 0 saturated heterocycles. The minimum absolute atomic E-state index is 0.0507. The van der Waals surface area contributed by atoms with Crippen molar-refractivity contribution in [2.45, 2.75) is 19.6 Å². The fourth-order valence-corrected chi connectivity index (χ4v) is 1.61. The van der Waals surface area contributed by atoms with Crippen LogP contribution in [-0.2, 0) is 4.74 Å². The van der Waals surface area contributed by atoms with Crippen LogP contribution in [0.4, 0.5) is 14.5 Å². The predicted molar refractivity (Wildman–Crippen MR) is 62.2 cm³/mol. The van der Waals surface area contributed by atoms with Crippen LogP contribution in [-0.4, -0.2) is 26.1 Å². The zero-order valence-corrected chi connectivity index (χ0v) is 10.0. The van der Waals surface area contributed by atoms with Crippen molar-refractivity contribution in [3.8, 4) is 11.5 Å². The van der Waals surface area contributed by atoms with Crippen molar-refractivity contribution in [2.24, 2.45) is 0 Å². The average Bonchev–Trinajstić information content (AvgIpc) is 2.62. The summed E-state index contributed by atoms with van der Waals surface area (Å²) in [5.41, 5.74) is 0.714. The molecule has 0 fully saturated rings. The van der Waals surface area contributed by atoms with E-state index in [0.717, 1.165) is 6.42 Å². The third kappa shape index (κ3) is 3.22. The van der Waals surface area contributed by atoms with Crippen molar-refractivity contribution in [2.75, 3.05) is 25.1 Å². The van der Waals surface area contributed by atoms with Gasteiger partial charge in [-0.05, 0) is 25.5 Å². The Labute approximate surface area is 104 Å². The van der Waals surface area contributed by atoms with Crippen molar-refractivity contribution < 1.29 is 23.0 Å². The molecule has 1 aliphatic heterocycles. The minimum Gasteiger partial charge on any atom is -0.395 e. The van der Waals surface area contributed by atoms with E-state index >= 15 is 0 Å². The predicted octanol–water partition coefficient (Wildman–Crippen LogP) is 2.85. The molecule has 1 heterocycles. The molecule has 18 heavy (non-hydrogen) atoms. The number of benzene rings is 1. The number of alkyl halides is 2. The Kier molecular flexibility index (Phi) is 3.86. The lowest BCUT2D eigenvalue weighted by molar-refractivity contribution is -0.286. The number of fused-ring (bicyclic) bond motifs is 1. The highest BCUT2D eigenvalue weighted by Gasteiger charge is 2.43. The van der Waals surface area contributed by atoms with Crippen LogP contribution in [0.2, 0.25) is 0 Å². The molecule has 0 atom stereocenters. The van der Waals surface area contributed by atoms with Gasteiger partial charge < -0.3 is 19.5 Å². The number of halogens is 2. The third-order valence-electron chi connectivity index (χ3n) is 2.40. The zero-order chi connectivity index (χ0) is 13.0. The average molecular weight is 259 g/mol. The Balaban J connectivity index is 1.85. The topological polar surface area (TPSA) is 39.7 Å². The Morgan fingerprint density at radius 3 is 2.83 bits per heavy atom. The lowest BCUT2D eigenvalue weighted by atomic mass is 10.2. The van der Waals surface area contributed by atoms with Crippen molar-refractivity contribution in [1.82, 2.24) is 0 Å². The van der Waals surface area contributed by atoms with E-state index in [9.17, 15) is 8.78 Å². The first kappa shape index (κ1) is 12.9. The standard InChI is InChI=1S/C12H15F2NO3/c1-2-16-7-3-6-15-9-4-5-10-11(8-9)18-12(13,14)17-10/h4-5,8,15H,2-3,6-7H2,1H3. The van der Waals surface area contributed by atoms with Crippen LogP contribution >= 0.6 is 0 Å². The van der Waals surface area contributed by atoms with Crippen LogP contribution in [0.1, 0.15) is 13.3 Å². The van der Waals surface area contributed by atoms with Gasteiger partial charge in [-0.2, -0.15) is 0 Å². The molecule has 0 aliphatic carbocycles. The summed E-state index contributed by atoms with van der Waals surface area (Å²) in [7, 11) is 0. The summed E-state index contributed by atoms with van der Waals surface area (Å²) >= 11 is 0. The molecule has 0 amide bonds. The molecule has 6 heteroatoms. The molecule has 0 radical (unpaired) electrons.